The maximum atomic E-state index is 13.1. The molecule has 1 aliphatic rings. The van der Waals surface area contributed by atoms with Gasteiger partial charge >= 0.3 is 0 Å². The lowest BCUT2D eigenvalue weighted by Crippen LogP contribution is -2.24. The van der Waals surface area contributed by atoms with Gasteiger partial charge in [-0.3, -0.25) is 14.9 Å². The van der Waals surface area contributed by atoms with Gasteiger partial charge in [-0.15, -0.1) is 22.0 Å². The molecule has 1 N–H and O–H groups in total. The summed E-state index contributed by atoms with van der Waals surface area (Å²) in [6.45, 7) is 2.57. The summed E-state index contributed by atoms with van der Waals surface area (Å²) in [7, 11) is 0. The molecule has 1 fully saturated rings. The normalized spacial score (nSPS) is 15.3. The molecule has 1 unspecified atom stereocenters. The topological polar surface area (TPSA) is 75.2 Å². The fourth-order valence-electron chi connectivity index (χ4n) is 4.01. The quantitative estimate of drug-likeness (QED) is 0.271. The van der Waals surface area contributed by atoms with Gasteiger partial charge in [0.25, 0.3) is 5.91 Å². The Kier molecular flexibility index (Phi) is 7.36. The lowest BCUT2D eigenvalue weighted by atomic mass is 10.1. The number of amides is 2. The van der Waals surface area contributed by atoms with Crippen LogP contribution in [0.25, 0.3) is 0 Å². The summed E-state index contributed by atoms with van der Waals surface area (Å²) in [4.78, 5) is 28.4. The Labute approximate surface area is 222 Å². The van der Waals surface area contributed by atoms with Gasteiger partial charge in [0, 0.05) is 40.2 Å². The van der Waals surface area contributed by atoms with Crippen LogP contribution in [0, 0.1) is 6.92 Å². The van der Waals surface area contributed by atoms with Crippen molar-refractivity contribution in [3.63, 3.8) is 0 Å². The number of carbonyl (C=O) groups excluding carboxylic acids is 2. The third kappa shape index (κ3) is 5.46. The fourth-order valence-corrected chi connectivity index (χ4v) is 6.18. The molecular weight excluding hydrogens is 512 g/mol. The number of carbonyl (C=O) groups is 2. The molecule has 5 rings (SSSR count). The maximum absolute atomic E-state index is 13.1. The summed E-state index contributed by atoms with van der Waals surface area (Å²) in [5.41, 5.74) is 3.61. The molecule has 1 aromatic heterocycles. The van der Waals surface area contributed by atoms with Crippen molar-refractivity contribution in [2.75, 3.05) is 16.8 Å². The summed E-state index contributed by atoms with van der Waals surface area (Å²) in [5, 5.41) is 13.2. The highest BCUT2D eigenvalue weighted by atomic mass is 35.5. The number of hydrogen-bond donors (Lipinski definition) is 1. The van der Waals surface area contributed by atoms with E-state index in [9.17, 15) is 9.59 Å². The highest BCUT2D eigenvalue weighted by molar-refractivity contribution is 7.98. The summed E-state index contributed by atoms with van der Waals surface area (Å²) in [6.07, 6.45) is 0.373. The first-order valence-electron chi connectivity index (χ1n) is 11.4. The van der Waals surface area contributed by atoms with Crippen LogP contribution in [-0.2, 0) is 10.5 Å². The second-order valence-corrected chi connectivity index (χ2v) is 11.0. The molecular formula is C27H23ClN4O2S2. The third-order valence-electron chi connectivity index (χ3n) is 5.95. The summed E-state index contributed by atoms with van der Waals surface area (Å²) in [6, 6.07) is 23.1. The van der Waals surface area contributed by atoms with Gasteiger partial charge in [-0.25, -0.2) is 0 Å². The molecule has 0 aliphatic carbocycles. The third-order valence-corrected chi connectivity index (χ3v) is 8.45. The molecule has 3 aromatic carbocycles. The van der Waals surface area contributed by atoms with Gasteiger partial charge in [-0.1, -0.05) is 71.0 Å². The number of aromatic nitrogens is 2. The van der Waals surface area contributed by atoms with Crippen LogP contribution in [0.3, 0.4) is 0 Å². The predicted octanol–water partition coefficient (Wildman–Crippen LogP) is 6.57. The van der Waals surface area contributed by atoms with E-state index in [0.717, 1.165) is 26.7 Å². The molecule has 182 valence electrons. The molecule has 36 heavy (non-hydrogen) atoms. The number of benzene rings is 3. The number of hydrogen-bond acceptors (Lipinski definition) is 6. The summed E-state index contributed by atoms with van der Waals surface area (Å²) >= 11 is 9.16. The van der Waals surface area contributed by atoms with Crippen LogP contribution in [0.4, 0.5) is 10.8 Å². The molecule has 0 saturated carbocycles. The van der Waals surface area contributed by atoms with Crippen LogP contribution in [0.1, 0.15) is 38.8 Å². The average molecular weight is 535 g/mol. The second kappa shape index (κ2) is 10.8. The molecule has 9 heteroatoms. The average Bonchev–Trinajstić information content (AvgIpc) is 3.51. The van der Waals surface area contributed by atoms with Crippen molar-refractivity contribution in [1.29, 1.82) is 0 Å². The number of nitrogens with one attached hydrogen (secondary N) is 1. The van der Waals surface area contributed by atoms with Crippen LogP contribution < -0.4 is 10.2 Å². The Balaban J connectivity index is 1.25. The van der Waals surface area contributed by atoms with Crippen molar-refractivity contribution in [1.82, 2.24) is 10.2 Å². The van der Waals surface area contributed by atoms with Crippen LogP contribution in [0.2, 0.25) is 5.02 Å². The Morgan fingerprint density at radius 2 is 1.83 bits per heavy atom. The van der Waals surface area contributed by atoms with Gasteiger partial charge in [0.1, 0.15) is 5.01 Å². The van der Waals surface area contributed by atoms with E-state index in [1.54, 1.807) is 22.7 Å². The monoisotopic (exact) mass is 534 g/mol. The SMILES string of the molecule is Cc1ccc(N2CC(c3nnc(NC(=O)c4ccccc4SCc4ccccc4Cl)s3)CC2=O)cc1. The van der Waals surface area contributed by atoms with E-state index in [4.69, 9.17) is 11.6 Å². The lowest BCUT2D eigenvalue weighted by Gasteiger charge is -2.16. The molecule has 0 radical (unpaired) electrons. The van der Waals surface area contributed by atoms with Gasteiger partial charge in [0.2, 0.25) is 11.0 Å². The zero-order valence-electron chi connectivity index (χ0n) is 19.5. The zero-order chi connectivity index (χ0) is 25.1. The Hall–Kier alpha value is -3.20. The molecule has 1 saturated heterocycles. The minimum absolute atomic E-state index is 0.0552. The van der Waals surface area contributed by atoms with Crippen LogP contribution in [0.5, 0.6) is 0 Å². The van der Waals surface area contributed by atoms with Crippen molar-refractivity contribution in [3.8, 4) is 0 Å². The minimum atomic E-state index is -0.247. The first-order valence-corrected chi connectivity index (χ1v) is 13.6. The molecule has 2 heterocycles. The highest BCUT2D eigenvalue weighted by Gasteiger charge is 2.34. The Morgan fingerprint density at radius 1 is 1.08 bits per heavy atom. The molecule has 0 spiro atoms. The Morgan fingerprint density at radius 3 is 2.64 bits per heavy atom. The number of halogens is 1. The lowest BCUT2D eigenvalue weighted by molar-refractivity contribution is -0.117. The molecule has 2 amide bonds. The highest BCUT2D eigenvalue weighted by Crippen LogP contribution is 2.35. The van der Waals surface area contributed by atoms with Crippen LogP contribution in [0.15, 0.2) is 77.7 Å². The summed E-state index contributed by atoms with van der Waals surface area (Å²) in [5.74, 6) is 0.415. The number of rotatable bonds is 7. The van der Waals surface area contributed by atoms with Crippen molar-refractivity contribution in [2.45, 2.75) is 29.9 Å². The fraction of sp³-hybridized carbons (Fsp3) is 0.185. The number of thioether (sulfide) groups is 1. The smallest absolute Gasteiger partial charge is 0.258 e. The predicted molar refractivity (Wildman–Crippen MR) is 146 cm³/mol. The molecule has 4 aromatic rings. The van der Waals surface area contributed by atoms with Crippen molar-refractivity contribution < 1.29 is 9.59 Å². The van der Waals surface area contributed by atoms with Crippen molar-refractivity contribution >= 4 is 57.3 Å². The van der Waals surface area contributed by atoms with Gasteiger partial charge in [0.15, 0.2) is 0 Å². The summed E-state index contributed by atoms with van der Waals surface area (Å²) < 4.78 is 0. The van der Waals surface area contributed by atoms with Crippen LogP contribution in [-0.4, -0.2) is 28.6 Å². The standard InChI is InChI=1S/C27H23ClN4O2S2/c1-17-10-12-20(13-11-17)32-15-19(14-24(32)33)26-30-31-27(36-26)29-25(34)21-7-3-5-9-23(21)35-16-18-6-2-4-8-22(18)28/h2-13,19H,14-16H2,1H3,(H,29,31,34). The Bertz CT molecular complexity index is 1410. The van der Waals surface area contributed by atoms with Gasteiger partial charge in [0.05, 0.1) is 5.56 Å². The largest absolute Gasteiger partial charge is 0.312 e. The first kappa shape index (κ1) is 24.5. The van der Waals surface area contributed by atoms with Crippen molar-refractivity contribution in [2.24, 2.45) is 0 Å². The second-order valence-electron chi connectivity index (χ2n) is 8.52. The molecule has 1 atom stereocenters. The van der Waals surface area contributed by atoms with E-state index in [2.05, 4.69) is 15.5 Å². The molecule has 6 nitrogen and oxygen atoms in total. The van der Waals surface area contributed by atoms with Gasteiger partial charge in [-0.2, -0.15) is 0 Å². The number of anilines is 2. The van der Waals surface area contributed by atoms with Crippen LogP contribution >= 0.6 is 34.7 Å². The van der Waals surface area contributed by atoms with E-state index >= 15 is 0 Å². The van der Waals surface area contributed by atoms with E-state index in [0.29, 0.717) is 34.4 Å². The van der Waals surface area contributed by atoms with E-state index < -0.39 is 0 Å². The number of nitrogens with zero attached hydrogens (tertiary/aromatic N) is 3. The first-order chi connectivity index (χ1) is 17.5. The van der Waals surface area contributed by atoms with Gasteiger partial charge in [-0.05, 0) is 42.8 Å². The maximum Gasteiger partial charge on any atom is 0.258 e. The minimum Gasteiger partial charge on any atom is -0.312 e. The van der Waals surface area contributed by atoms with E-state index in [-0.39, 0.29) is 17.7 Å². The van der Waals surface area contributed by atoms with Crippen molar-refractivity contribution in [3.05, 3.63) is 99.5 Å². The zero-order valence-corrected chi connectivity index (χ0v) is 21.9. The van der Waals surface area contributed by atoms with Gasteiger partial charge < -0.3 is 4.90 Å². The van der Waals surface area contributed by atoms with E-state index in [1.807, 2.05) is 73.7 Å². The molecule has 0 bridgehead atoms. The molecule has 1 aliphatic heterocycles. The van der Waals surface area contributed by atoms with E-state index in [1.165, 1.54) is 11.3 Å². The number of aryl methyl sites for hydroxylation is 1.